The monoisotopic (exact) mass is 443 g/mol. The number of nitrogens with one attached hydrogen (secondary N) is 1. The van der Waals surface area contributed by atoms with Crippen molar-refractivity contribution in [3.8, 4) is 5.75 Å². The van der Waals surface area contributed by atoms with Gasteiger partial charge in [0.2, 0.25) is 0 Å². The average Bonchev–Trinajstić information content (AvgIpc) is 2.80. The summed E-state index contributed by atoms with van der Waals surface area (Å²) in [6, 6.07) is 12.1. The van der Waals surface area contributed by atoms with E-state index in [-0.39, 0.29) is 4.90 Å². The molecule has 1 unspecified atom stereocenters. The number of benzene rings is 2. The first-order valence-corrected chi connectivity index (χ1v) is 11.3. The van der Waals surface area contributed by atoms with Crippen LogP contribution in [0.15, 0.2) is 71.3 Å². The van der Waals surface area contributed by atoms with Crippen molar-refractivity contribution < 1.29 is 13.5 Å². The molecule has 0 aromatic heterocycles. The molecule has 2 aromatic rings. The Morgan fingerprint density at radius 3 is 2.45 bits per heavy atom. The third-order valence-corrected chi connectivity index (χ3v) is 6.60. The third-order valence-electron chi connectivity index (χ3n) is 5.67. The minimum atomic E-state index is -0.553. The Kier molecular flexibility index (Phi) is 7.14. The lowest BCUT2D eigenvalue weighted by molar-refractivity contribution is 0.233. The standard InChI is InChI=1S/C24H27F2N3OS/c1-30-23-8-3-2-7-22(23)29-15-13-28(14-16-29)17-18-9-11-19(12-10-18)27-31-24-20(25)5-4-6-21(24)26/h2-9,11-12,18,27H,10,13-17H2,1H3. The number of rotatable bonds is 7. The summed E-state index contributed by atoms with van der Waals surface area (Å²) in [7, 11) is 1.71. The number of piperazine rings is 1. The summed E-state index contributed by atoms with van der Waals surface area (Å²) in [6.45, 7) is 4.99. The van der Waals surface area contributed by atoms with E-state index in [4.69, 9.17) is 4.74 Å². The van der Waals surface area contributed by atoms with Gasteiger partial charge in [-0.05, 0) is 54.6 Å². The second-order valence-corrected chi connectivity index (χ2v) is 8.55. The van der Waals surface area contributed by atoms with Gasteiger partial charge in [-0.3, -0.25) is 4.90 Å². The van der Waals surface area contributed by atoms with E-state index >= 15 is 0 Å². The molecule has 0 saturated carbocycles. The first-order chi connectivity index (χ1) is 15.1. The number of allylic oxidation sites excluding steroid dienone is 2. The number of ether oxygens (including phenoxy) is 1. The molecule has 0 spiro atoms. The normalized spacial score (nSPS) is 19.3. The van der Waals surface area contributed by atoms with Crippen LogP contribution in [0.2, 0.25) is 0 Å². The number of hydrogen-bond acceptors (Lipinski definition) is 5. The molecule has 0 radical (unpaired) electrons. The molecule has 164 valence electrons. The van der Waals surface area contributed by atoms with Crippen LogP contribution in [-0.2, 0) is 0 Å². The molecule has 0 amide bonds. The van der Waals surface area contributed by atoms with Crippen molar-refractivity contribution in [3.05, 3.63) is 78.0 Å². The van der Waals surface area contributed by atoms with Crippen molar-refractivity contribution in [2.45, 2.75) is 11.3 Å². The van der Waals surface area contributed by atoms with Gasteiger partial charge in [-0.1, -0.05) is 30.4 Å². The summed E-state index contributed by atoms with van der Waals surface area (Å²) in [5, 5.41) is 0. The maximum Gasteiger partial charge on any atom is 0.142 e. The minimum Gasteiger partial charge on any atom is -0.495 e. The summed E-state index contributed by atoms with van der Waals surface area (Å²) < 4.78 is 36.1. The maximum atomic E-state index is 13.8. The molecular weight excluding hydrogens is 416 g/mol. The number of methoxy groups -OCH3 is 1. The number of halogens is 2. The molecule has 1 fully saturated rings. The summed E-state index contributed by atoms with van der Waals surface area (Å²) >= 11 is 0.972. The van der Waals surface area contributed by atoms with Crippen LogP contribution in [0.3, 0.4) is 0 Å². The number of para-hydroxylation sites is 2. The fourth-order valence-electron chi connectivity index (χ4n) is 3.96. The van der Waals surface area contributed by atoms with Gasteiger partial charge in [-0.25, -0.2) is 8.78 Å². The number of nitrogens with zero attached hydrogens (tertiary/aromatic N) is 2. The highest BCUT2D eigenvalue weighted by Gasteiger charge is 2.22. The van der Waals surface area contributed by atoms with Gasteiger partial charge in [0, 0.05) is 38.4 Å². The molecule has 1 heterocycles. The topological polar surface area (TPSA) is 27.7 Å². The Hall–Kier alpha value is -2.51. The second kappa shape index (κ2) is 10.2. The van der Waals surface area contributed by atoms with Gasteiger partial charge in [0.05, 0.1) is 17.7 Å². The van der Waals surface area contributed by atoms with Crippen molar-refractivity contribution in [1.82, 2.24) is 9.62 Å². The van der Waals surface area contributed by atoms with E-state index in [0.29, 0.717) is 5.92 Å². The van der Waals surface area contributed by atoms with Crippen molar-refractivity contribution >= 4 is 17.6 Å². The molecule has 4 rings (SSSR count). The predicted octanol–water partition coefficient (Wildman–Crippen LogP) is 4.85. The zero-order chi connectivity index (χ0) is 21.6. The summed E-state index contributed by atoms with van der Waals surface area (Å²) in [4.78, 5) is 4.87. The van der Waals surface area contributed by atoms with Gasteiger partial charge < -0.3 is 14.4 Å². The van der Waals surface area contributed by atoms with E-state index in [1.165, 1.54) is 18.2 Å². The smallest absolute Gasteiger partial charge is 0.142 e. The molecule has 1 saturated heterocycles. The first kappa shape index (κ1) is 21.7. The van der Waals surface area contributed by atoms with Crippen molar-refractivity contribution in [1.29, 1.82) is 0 Å². The number of anilines is 1. The quantitative estimate of drug-likeness (QED) is 0.618. The lowest BCUT2D eigenvalue weighted by Gasteiger charge is -2.37. The fourth-order valence-corrected chi connectivity index (χ4v) is 4.66. The van der Waals surface area contributed by atoms with Crippen LogP contribution in [0, 0.1) is 17.6 Å². The summed E-state index contributed by atoms with van der Waals surface area (Å²) in [5.74, 6) is 0.258. The van der Waals surface area contributed by atoms with Crippen LogP contribution in [-0.4, -0.2) is 44.7 Å². The van der Waals surface area contributed by atoms with Crippen LogP contribution in [0.4, 0.5) is 14.5 Å². The molecule has 2 aromatic carbocycles. The van der Waals surface area contributed by atoms with Gasteiger partial charge in [0.15, 0.2) is 0 Å². The maximum absolute atomic E-state index is 13.8. The van der Waals surface area contributed by atoms with Crippen LogP contribution in [0.5, 0.6) is 5.75 Å². The van der Waals surface area contributed by atoms with E-state index in [9.17, 15) is 8.78 Å². The molecule has 0 bridgehead atoms. The van der Waals surface area contributed by atoms with E-state index in [1.807, 2.05) is 24.3 Å². The molecule has 1 aliphatic carbocycles. The molecular formula is C24H27F2N3OS. The van der Waals surface area contributed by atoms with Crippen LogP contribution >= 0.6 is 11.9 Å². The van der Waals surface area contributed by atoms with E-state index < -0.39 is 11.6 Å². The van der Waals surface area contributed by atoms with Crippen LogP contribution in [0.25, 0.3) is 0 Å². The van der Waals surface area contributed by atoms with E-state index in [1.54, 1.807) is 7.11 Å². The Bertz CT molecular complexity index is 937. The van der Waals surface area contributed by atoms with E-state index in [0.717, 1.165) is 68.2 Å². The number of hydrogen-bond donors (Lipinski definition) is 1. The van der Waals surface area contributed by atoms with E-state index in [2.05, 4.69) is 32.7 Å². The molecule has 1 N–H and O–H groups in total. The molecule has 1 aliphatic heterocycles. The predicted molar refractivity (Wildman–Crippen MR) is 122 cm³/mol. The molecule has 1 atom stereocenters. The first-order valence-electron chi connectivity index (χ1n) is 10.5. The lowest BCUT2D eigenvalue weighted by atomic mass is 9.98. The summed E-state index contributed by atoms with van der Waals surface area (Å²) in [5.41, 5.74) is 2.04. The highest BCUT2D eigenvalue weighted by molar-refractivity contribution is 7.97. The van der Waals surface area contributed by atoms with Crippen molar-refractivity contribution in [3.63, 3.8) is 0 Å². The Labute approximate surface area is 186 Å². The average molecular weight is 444 g/mol. The Morgan fingerprint density at radius 2 is 1.77 bits per heavy atom. The van der Waals surface area contributed by atoms with Crippen LogP contribution in [0.1, 0.15) is 6.42 Å². The van der Waals surface area contributed by atoms with Crippen LogP contribution < -0.4 is 14.4 Å². The highest BCUT2D eigenvalue weighted by Crippen LogP contribution is 2.29. The van der Waals surface area contributed by atoms with Crippen molar-refractivity contribution in [2.24, 2.45) is 5.92 Å². The molecule has 31 heavy (non-hydrogen) atoms. The Balaban J connectivity index is 1.23. The zero-order valence-corrected chi connectivity index (χ0v) is 18.4. The minimum absolute atomic E-state index is 0.00755. The van der Waals surface area contributed by atoms with Gasteiger partial charge in [0.25, 0.3) is 0 Å². The zero-order valence-electron chi connectivity index (χ0n) is 17.6. The van der Waals surface area contributed by atoms with Gasteiger partial charge >= 0.3 is 0 Å². The largest absolute Gasteiger partial charge is 0.495 e. The van der Waals surface area contributed by atoms with Crippen molar-refractivity contribution in [2.75, 3.05) is 44.7 Å². The third kappa shape index (κ3) is 5.40. The highest BCUT2D eigenvalue weighted by atomic mass is 32.2. The lowest BCUT2D eigenvalue weighted by Crippen LogP contribution is -2.47. The summed E-state index contributed by atoms with van der Waals surface area (Å²) in [6.07, 6.45) is 7.20. The van der Waals surface area contributed by atoms with Gasteiger partial charge in [0.1, 0.15) is 17.4 Å². The molecule has 4 nitrogen and oxygen atoms in total. The Morgan fingerprint density at radius 1 is 1.03 bits per heavy atom. The molecule has 7 heteroatoms. The fraction of sp³-hybridized carbons (Fsp3) is 0.333. The second-order valence-electron chi connectivity index (χ2n) is 7.73. The molecule has 2 aliphatic rings. The van der Waals surface area contributed by atoms with Gasteiger partial charge in [-0.15, -0.1) is 0 Å². The van der Waals surface area contributed by atoms with Gasteiger partial charge in [-0.2, -0.15) is 0 Å². The SMILES string of the molecule is COc1ccccc1N1CCN(CC2C=CC(NSc3c(F)cccc3F)=CC2)CC1.